The lowest BCUT2D eigenvalue weighted by atomic mass is 10.0. The number of carbonyl (C=O) groups is 2. The number of rotatable bonds is 4. The highest BCUT2D eigenvalue weighted by Crippen LogP contribution is 2.31. The number of hydrogen-bond acceptors (Lipinski definition) is 5. The van der Waals surface area contributed by atoms with Crippen LogP contribution in [0.15, 0.2) is 10.3 Å². The number of carboxylic acid groups (broad SMARTS) is 1. The van der Waals surface area contributed by atoms with Gasteiger partial charge in [-0.2, -0.15) is 4.31 Å². The van der Waals surface area contributed by atoms with Crippen LogP contribution in [0.25, 0.3) is 0 Å². The normalized spacial score (nSPS) is 20.3. The van der Waals surface area contributed by atoms with Crippen LogP contribution in [0.1, 0.15) is 34.5 Å². The summed E-state index contributed by atoms with van der Waals surface area (Å²) in [7, 11) is -3.90. The van der Waals surface area contributed by atoms with Gasteiger partial charge in [-0.3, -0.25) is 4.79 Å². The number of carbonyl (C=O) groups excluding carboxylic acids is 1. The first-order chi connectivity index (χ1) is 9.75. The quantitative estimate of drug-likeness (QED) is 0.845. The number of primary amides is 1. The van der Waals surface area contributed by atoms with E-state index in [-0.39, 0.29) is 15.6 Å². The smallest absolute Gasteiger partial charge is 0.346 e. The summed E-state index contributed by atoms with van der Waals surface area (Å²) in [6.07, 6.45) is 1.79. The molecule has 7 nitrogen and oxygen atoms in total. The molecule has 0 bridgehead atoms. The maximum absolute atomic E-state index is 12.6. The molecule has 1 amide bonds. The Bertz CT molecular complexity index is 680. The standard InChI is InChI=1S/C12H16N2O5S2/c1-7-6-9(20-10(7)12(16)17)21(18,19)14-5-3-2-4-8(14)11(13)15/h6,8H,2-5H2,1H3,(H2,13,15)(H,16,17). The van der Waals surface area contributed by atoms with Gasteiger partial charge in [0.1, 0.15) is 15.1 Å². The predicted molar refractivity (Wildman–Crippen MR) is 76.7 cm³/mol. The zero-order valence-electron chi connectivity index (χ0n) is 11.4. The molecule has 1 aromatic heterocycles. The van der Waals surface area contributed by atoms with Crippen LogP contribution in [0.5, 0.6) is 0 Å². The van der Waals surface area contributed by atoms with Gasteiger partial charge in [0.2, 0.25) is 5.91 Å². The summed E-state index contributed by atoms with van der Waals surface area (Å²) < 4.78 is 26.3. The van der Waals surface area contributed by atoms with Gasteiger partial charge in [0.25, 0.3) is 10.0 Å². The molecule has 116 valence electrons. The molecule has 1 aromatic rings. The molecule has 2 heterocycles. The number of sulfonamides is 1. The molecular formula is C12H16N2O5S2. The van der Waals surface area contributed by atoms with Crippen molar-refractivity contribution in [3.63, 3.8) is 0 Å². The summed E-state index contributed by atoms with van der Waals surface area (Å²) in [4.78, 5) is 22.5. The van der Waals surface area contributed by atoms with Crippen LogP contribution in [0.2, 0.25) is 0 Å². The first-order valence-electron chi connectivity index (χ1n) is 6.40. The minimum absolute atomic E-state index is 0.0128. The lowest BCUT2D eigenvalue weighted by Gasteiger charge is -2.32. The molecule has 1 aliphatic heterocycles. The zero-order chi connectivity index (χ0) is 15.8. The van der Waals surface area contributed by atoms with Crippen LogP contribution in [0.4, 0.5) is 0 Å². The average molecular weight is 332 g/mol. The van der Waals surface area contributed by atoms with Gasteiger partial charge in [-0.1, -0.05) is 6.42 Å². The lowest BCUT2D eigenvalue weighted by Crippen LogP contribution is -2.50. The summed E-state index contributed by atoms with van der Waals surface area (Å²) >= 11 is 0.701. The minimum Gasteiger partial charge on any atom is -0.477 e. The fourth-order valence-corrected chi connectivity index (χ4v) is 5.56. The number of nitrogens with two attached hydrogens (primary N) is 1. The molecule has 1 fully saturated rings. The Labute approximate surface area is 126 Å². The van der Waals surface area contributed by atoms with Crippen molar-refractivity contribution in [3.8, 4) is 0 Å². The zero-order valence-corrected chi connectivity index (χ0v) is 13.0. The van der Waals surface area contributed by atoms with Crippen molar-refractivity contribution in [1.82, 2.24) is 4.31 Å². The van der Waals surface area contributed by atoms with Gasteiger partial charge < -0.3 is 10.8 Å². The topological polar surface area (TPSA) is 118 Å². The van der Waals surface area contributed by atoms with E-state index in [1.165, 1.54) is 6.07 Å². The third-order valence-electron chi connectivity index (χ3n) is 3.43. The number of nitrogens with zero attached hydrogens (tertiary/aromatic N) is 1. The van der Waals surface area contributed by atoms with Crippen molar-refractivity contribution < 1.29 is 23.1 Å². The van der Waals surface area contributed by atoms with Gasteiger partial charge in [-0.15, -0.1) is 11.3 Å². The molecule has 0 aromatic carbocycles. The van der Waals surface area contributed by atoms with Crippen LogP contribution < -0.4 is 5.73 Å². The molecular weight excluding hydrogens is 316 g/mol. The van der Waals surface area contributed by atoms with E-state index in [0.717, 1.165) is 10.7 Å². The molecule has 0 aliphatic carbocycles. The van der Waals surface area contributed by atoms with Crippen molar-refractivity contribution >= 4 is 33.2 Å². The van der Waals surface area contributed by atoms with Crippen molar-refractivity contribution in [3.05, 3.63) is 16.5 Å². The minimum atomic E-state index is -3.90. The van der Waals surface area contributed by atoms with Gasteiger partial charge in [-0.05, 0) is 31.4 Å². The number of aromatic carboxylic acids is 1. The molecule has 0 spiro atoms. The first-order valence-corrected chi connectivity index (χ1v) is 8.65. The van der Waals surface area contributed by atoms with Gasteiger partial charge >= 0.3 is 5.97 Å². The van der Waals surface area contributed by atoms with Gasteiger partial charge in [-0.25, -0.2) is 13.2 Å². The van der Waals surface area contributed by atoms with Crippen molar-refractivity contribution in [2.75, 3.05) is 6.54 Å². The summed E-state index contributed by atoms with van der Waals surface area (Å²) in [5.74, 6) is -1.84. The molecule has 0 radical (unpaired) electrons. The second-order valence-electron chi connectivity index (χ2n) is 4.91. The van der Waals surface area contributed by atoms with Gasteiger partial charge in [0.05, 0.1) is 0 Å². The third kappa shape index (κ3) is 2.94. The number of amides is 1. The molecule has 1 atom stereocenters. The van der Waals surface area contributed by atoms with Crippen molar-refractivity contribution in [2.45, 2.75) is 36.4 Å². The molecule has 1 unspecified atom stereocenters. The molecule has 21 heavy (non-hydrogen) atoms. The number of piperidine rings is 1. The maximum atomic E-state index is 12.6. The molecule has 2 rings (SSSR count). The van der Waals surface area contributed by atoms with E-state index in [9.17, 15) is 18.0 Å². The molecule has 3 N–H and O–H groups in total. The van der Waals surface area contributed by atoms with E-state index in [4.69, 9.17) is 10.8 Å². The number of carboxylic acids is 1. The second kappa shape index (κ2) is 5.74. The molecule has 1 saturated heterocycles. The van der Waals surface area contributed by atoms with Crippen LogP contribution in [-0.2, 0) is 14.8 Å². The molecule has 0 saturated carbocycles. The number of thiophene rings is 1. The van der Waals surface area contributed by atoms with Crippen LogP contribution >= 0.6 is 11.3 Å². The third-order valence-corrected chi connectivity index (χ3v) is 7.02. The molecule has 1 aliphatic rings. The Morgan fingerprint density at radius 1 is 1.43 bits per heavy atom. The fraction of sp³-hybridized carbons (Fsp3) is 0.500. The highest BCUT2D eigenvalue weighted by molar-refractivity contribution is 7.91. The molecule has 9 heteroatoms. The Morgan fingerprint density at radius 3 is 2.62 bits per heavy atom. The summed E-state index contributed by atoms with van der Waals surface area (Å²) in [6.45, 7) is 1.76. The number of hydrogen-bond donors (Lipinski definition) is 2. The largest absolute Gasteiger partial charge is 0.477 e. The highest BCUT2D eigenvalue weighted by atomic mass is 32.2. The average Bonchev–Trinajstić information content (AvgIpc) is 2.81. The fourth-order valence-electron chi connectivity index (χ4n) is 2.38. The maximum Gasteiger partial charge on any atom is 0.346 e. The Kier molecular flexibility index (Phi) is 4.35. The van der Waals surface area contributed by atoms with Crippen LogP contribution in [0.3, 0.4) is 0 Å². The van der Waals surface area contributed by atoms with E-state index in [1.54, 1.807) is 6.92 Å². The van der Waals surface area contributed by atoms with E-state index in [2.05, 4.69) is 0 Å². The van der Waals surface area contributed by atoms with Crippen molar-refractivity contribution in [2.24, 2.45) is 5.73 Å². The Morgan fingerprint density at radius 2 is 2.10 bits per heavy atom. The number of aryl methyl sites for hydroxylation is 1. The highest BCUT2D eigenvalue weighted by Gasteiger charge is 2.37. The monoisotopic (exact) mass is 332 g/mol. The van der Waals surface area contributed by atoms with E-state index in [1.807, 2.05) is 0 Å². The van der Waals surface area contributed by atoms with Gasteiger partial charge in [0, 0.05) is 6.54 Å². The van der Waals surface area contributed by atoms with Crippen LogP contribution in [0, 0.1) is 6.92 Å². The Hall–Kier alpha value is -1.45. The Balaban J connectivity index is 2.43. The lowest BCUT2D eigenvalue weighted by molar-refractivity contribution is -0.122. The van der Waals surface area contributed by atoms with E-state index in [0.29, 0.717) is 29.7 Å². The summed E-state index contributed by atoms with van der Waals surface area (Å²) in [5, 5.41) is 9.02. The van der Waals surface area contributed by atoms with Crippen LogP contribution in [-0.4, -0.2) is 42.3 Å². The SMILES string of the molecule is Cc1cc(S(=O)(=O)N2CCCCC2C(N)=O)sc1C(=O)O. The summed E-state index contributed by atoms with van der Waals surface area (Å²) in [5.41, 5.74) is 5.67. The first kappa shape index (κ1) is 15.9. The second-order valence-corrected chi connectivity index (χ2v) is 8.08. The predicted octanol–water partition coefficient (Wildman–Crippen LogP) is 0.783. The summed E-state index contributed by atoms with van der Waals surface area (Å²) in [6, 6.07) is 0.468. The van der Waals surface area contributed by atoms with Gasteiger partial charge in [0.15, 0.2) is 0 Å². The van der Waals surface area contributed by atoms with E-state index >= 15 is 0 Å². The van der Waals surface area contributed by atoms with E-state index < -0.39 is 27.9 Å². The van der Waals surface area contributed by atoms with Crippen molar-refractivity contribution in [1.29, 1.82) is 0 Å².